The summed E-state index contributed by atoms with van der Waals surface area (Å²) < 4.78 is 6.70. The van der Waals surface area contributed by atoms with Gasteiger partial charge in [0.2, 0.25) is 0 Å². The molecule has 4 N–H and O–H groups in total. The highest BCUT2D eigenvalue weighted by atomic mass is 32.1. The third-order valence-electron chi connectivity index (χ3n) is 5.07. The summed E-state index contributed by atoms with van der Waals surface area (Å²) in [6.07, 6.45) is 9.50. The number of carbonyl (C=O) groups excluding carboxylic acids is 1. The number of ether oxygens (including phenoxy) is 1. The molecule has 0 radical (unpaired) electrons. The normalized spacial score (nSPS) is 14.1. The fourth-order valence-electron chi connectivity index (χ4n) is 3.51. The van der Waals surface area contributed by atoms with Crippen molar-refractivity contribution in [3.05, 3.63) is 42.2 Å². The lowest BCUT2D eigenvalue weighted by Gasteiger charge is -2.19. The second kappa shape index (κ2) is 10.9. The van der Waals surface area contributed by atoms with Crippen molar-refractivity contribution >= 4 is 32.6 Å². The predicted molar refractivity (Wildman–Crippen MR) is 120 cm³/mol. The van der Waals surface area contributed by atoms with Gasteiger partial charge < -0.3 is 20.9 Å². The van der Waals surface area contributed by atoms with Crippen LogP contribution in [0.4, 0.5) is 5.13 Å². The molecule has 1 amide bonds. The van der Waals surface area contributed by atoms with Crippen LogP contribution in [0.1, 0.15) is 49.0 Å². The molecular formula is C22H28N4O3S. The summed E-state index contributed by atoms with van der Waals surface area (Å²) in [5, 5.41) is 11.7. The maximum absolute atomic E-state index is 11.5. The van der Waals surface area contributed by atoms with Crippen molar-refractivity contribution in [3.8, 4) is 11.5 Å². The molecule has 1 aromatic carbocycles. The first-order chi connectivity index (χ1) is 14.6. The summed E-state index contributed by atoms with van der Waals surface area (Å²) in [5.41, 5.74) is 6.82. The maximum atomic E-state index is 11.5. The van der Waals surface area contributed by atoms with Gasteiger partial charge in [0.15, 0.2) is 5.13 Å². The highest BCUT2D eigenvalue weighted by Crippen LogP contribution is 2.30. The fourth-order valence-corrected chi connectivity index (χ4v) is 4.27. The molecule has 8 heteroatoms. The molecule has 0 spiro atoms. The Bertz CT molecular complexity index is 967. The van der Waals surface area contributed by atoms with Gasteiger partial charge in [-0.1, -0.05) is 43.4 Å². The Labute approximate surface area is 180 Å². The molecule has 1 aliphatic rings. The third-order valence-corrected chi connectivity index (χ3v) is 5.91. The molecule has 3 aromatic rings. The van der Waals surface area contributed by atoms with Crippen LogP contribution in [0.5, 0.6) is 11.5 Å². The second-order valence-corrected chi connectivity index (χ2v) is 8.32. The molecule has 160 valence electrons. The lowest BCUT2D eigenvalue weighted by Crippen LogP contribution is -2.18. The molecule has 7 nitrogen and oxygen atoms in total. The van der Waals surface area contributed by atoms with Crippen LogP contribution in [0.25, 0.3) is 10.2 Å². The minimum absolute atomic E-state index is 0.258. The van der Waals surface area contributed by atoms with E-state index in [2.05, 4.69) is 15.3 Å². The number of hydrogen-bond acceptors (Lipinski definition) is 7. The Morgan fingerprint density at radius 1 is 1.23 bits per heavy atom. The molecule has 1 aliphatic carbocycles. The Kier molecular flexibility index (Phi) is 7.98. The number of rotatable bonds is 5. The Balaban J connectivity index is 0.000000239. The summed E-state index contributed by atoms with van der Waals surface area (Å²) in [7, 11) is 1.56. The highest BCUT2D eigenvalue weighted by molar-refractivity contribution is 7.22. The number of fused-ring (bicyclic) bond motifs is 1. The largest absolute Gasteiger partial charge is 0.457 e. The van der Waals surface area contributed by atoms with E-state index < -0.39 is 0 Å². The van der Waals surface area contributed by atoms with Gasteiger partial charge in [0, 0.05) is 32.0 Å². The first-order valence-corrected chi connectivity index (χ1v) is 11.0. The van der Waals surface area contributed by atoms with Gasteiger partial charge in [0.05, 0.1) is 10.2 Å². The van der Waals surface area contributed by atoms with Crippen LogP contribution in [0.3, 0.4) is 0 Å². The van der Waals surface area contributed by atoms with Gasteiger partial charge in [-0.2, -0.15) is 0 Å². The quantitative estimate of drug-likeness (QED) is 0.556. The first-order valence-electron chi connectivity index (χ1n) is 10.2. The Hall–Kier alpha value is -2.71. The minimum atomic E-state index is -0.258. The number of benzene rings is 1. The van der Waals surface area contributed by atoms with Gasteiger partial charge in [0.25, 0.3) is 5.91 Å². The molecule has 4 rings (SSSR count). The SMILES string of the molecule is CNC(=O)c1cc(Oc2ccc3nc(N)sc3c2)ccn1.OCCC1CCCCC1. The van der Waals surface area contributed by atoms with Gasteiger partial charge in [-0.05, 0) is 30.5 Å². The summed E-state index contributed by atoms with van der Waals surface area (Å²) in [5.74, 6) is 1.79. The minimum Gasteiger partial charge on any atom is -0.457 e. The van der Waals surface area contributed by atoms with E-state index in [0.717, 1.165) is 22.6 Å². The number of anilines is 1. The van der Waals surface area contributed by atoms with E-state index in [4.69, 9.17) is 15.6 Å². The molecule has 0 saturated heterocycles. The molecule has 30 heavy (non-hydrogen) atoms. The number of nitrogens with zero attached hydrogens (tertiary/aromatic N) is 2. The van der Waals surface area contributed by atoms with Crippen molar-refractivity contribution in [2.24, 2.45) is 5.92 Å². The van der Waals surface area contributed by atoms with Crippen molar-refractivity contribution < 1.29 is 14.6 Å². The summed E-state index contributed by atoms with van der Waals surface area (Å²) in [6, 6.07) is 8.80. The Morgan fingerprint density at radius 2 is 2.00 bits per heavy atom. The molecule has 0 aliphatic heterocycles. The number of aromatic nitrogens is 2. The number of hydrogen-bond donors (Lipinski definition) is 3. The van der Waals surface area contributed by atoms with Crippen LogP contribution >= 0.6 is 11.3 Å². The lowest BCUT2D eigenvalue weighted by atomic mass is 9.87. The van der Waals surface area contributed by atoms with Gasteiger partial charge in [-0.25, -0.2) is 4.98 Å². The molecular weight excluding hydrogens is 400 g/mol. The molecule has 0 unspecified atom stereocenters. The third kappa shape index (κ3) is 6.14. The van der Waals surface area contributed by atoms with Crippen LogP contribution in [-0.4, -0.2) is 34.6 Å². The summed E-state index contributed by atoms with van der Waals surface area (Å²) in [6.45, 7) is 0.394. The molecule has 0 atom stereocenters. The number of amides is 1. The maximum Gasteiger partial charge on any atom is 0.269 e. The molecule has 1 saturated carbocycles. The topological polar surface area (TPSA) is 110 Å². The van der Waals surface area contributed by atoms with E-state index in [0.29, 0.717) is 28.9 Å². The van der Waals surface area contributed by atoms with Crippen LogP contribution in [0.15, 0.2) is 36.5 Å². The summed E-state index contributed by atoms with van der Waals surface area (Å²) >= 11 is 1.40. The predicted octanol–water partition coefficient (Wildman–Crippen LogP) is 4.37. The zero-order valence-electron chi connectivity index (χ0n) is 17.1. The number of thiazole rings is 1. The number of nitrogen functional groups attached to an aromatic ring is 1. The van der Waals surface area contributed by atoms with Crippen LogP contribution in [-0.2, 0) is 0 Å². The van der Waals surface area contributed by atoms with E-state index in [1.807, 2.05) is 18.2 Å². The molecule has 0 bridgehead atoms. The van der Waals surface area contributed by atoms with Gasteiger partial charge in [-0.3, -0.25) is 9.78 Å². The van der Waals surface area contributed by atoms with Crippen LogP contribution < -0.4 is 15.8 Å². The summed E-state index contributed by atoms with van der Waals surface area (Å²) in [4.78, 5) is 19.7. The number of nitrogens with two attached hydrogens (primary N) is 1. The van der Waals surface area contributed by atoms with Crippen LogP contribution in [0.2, 0.25) is 0 Å². The van der Waals surface area contributed by atoms with Crippen molar-refractivity contribution in [3.63, 3.8) is 0 Å². The zero-order valence-corrected chi connectivity index (χ0v) is 18.0. The zero-order chi connectivity index (χ0) is 21.3. The number of aliphatic hydroxyl groups is 1. The van der Waals surface area contributed by atoms with E-state index in [1.54, 1.807) is 19.2 Å². The van der Waals surface area contributed by atoms with E-state index >= 15 is 0 Å². The standard InChI is InChI=1S/C14H12N4O2S.C8H16O/c1-16-13(19)11-6-9(4-5-17-11)20-8-2-3-10-12(7-8)21-14(15)18-10;9-7-6-8-4-2-1-3-5-8/h2-7H,1H3,(H2,15,18)(H,16,19);8-9H,1-7H2. The van der Waals surface area contributed by atoms with E-state index in [1.165, 1.54) is 49.6 Å². The highest BCUT2D eigenvalue weighted by Gasteiger charge is 2.11. The number of nitrogens with one attached hydrogen (secondary N) is 1. The van der Waals surface area contributed by atoms with Gasteiger partial charge >= 0.3 is 0 Å². The van der Waals surface area contributed by atoms with Gasteiger partial charge in [0.1, 0.15) is 17.2 Å². The Morgan fingerprint density at radius 3 is 2.73 bits per heavy atom. The molecule has 2 aromatic heterocycles. The number of aliphatic hydroxyl groups excluding tert-OH is 1. The lowest BCUT2D eigenvalue weighted by molar-refractivity contribution is 0.0958. The number of pyridine rings is 1. The van der Waals surface area contributed by atoms with E-state index in [9.17, 15) is 4.79 Å². The average Bonchev–Trinajstić information content (AvgIpc) is 3.14. The molecule has 1 fully saturated rings. The van der Waals surface area contributed by atoms with Crippen molar-refractivity contribution in [2.45, 2.75) is 38.5 Å². The first kappa shape index (κ1) is 22.0. The monoisotopic (exact) mass is 428 g/mol. The smallest absolute Gasteiger partial charge is 0.269 e. The van der Waals surface area contributed by atoms with E-state index in [-0.39, 0.29) is 5.91 Å². The fraction of sp³-hybridized carbons (Fsp3) is 0.409. The second-order valence-electron chi connectivity index (χ2n) is 7.26. The van der Waals surface area contributed by atoms with Crippen molar-refractivity contribution in [1.29, 1.82) is 0 Å². The van der Waals surface area contributed by atoms with Gasteiger partial charge in [-0.15, -0.1) is 0 Å². The van der Waals surface area contributed by atoms with Crippen LogP contribution in [0, 0.1) is 5.92 Å². The average molecular weight is 429 g/mol. The van der Waals surface area contributed by atoms with Crippen molar-refractivity contribution in [2.75, 3.05) is 19.4 Å². The number of carbonyl (C=O) groups is 1. The molecule has 2 heterocycles. The van der Waals surface area contributed by atoms with Crippen molar-refractivity contribution in [1.82, 2.24) is 15.3 Å².